The number of hydrogen-bond donors (Lipinski definition) is 1. The van der Waals surface area contributed by atoms with Gasteiger partial charge in [-0.05, 0) is 61.4 Å². The van der Waals surface area contributed by atoms with Crippen molar-refractivity contribution in [2.24, 2.45) is 0 Å². The van der Waals surface area contributed by atoms with Crippen LogP contribution in [0.15, 0.2) is 66.9 Å². The third-order valence-electron chi connectivity index (χ3n) is 5.04. The van der Waals surface area contributed by atoms with Gasteiger partial charge in [-0.15, -0.1) is 0 Å². The monoisotopic (exact) mass is 415 g/mol. The Labute approximate surface area is 181 Å². The number of nitrogens with zero attached hydrogens (tertiary/aromatic N) is 4. The smallest absolute Gasteiger partial charge is 0.272 e. The third kappa shape index (κ3) is 4.83. The topological polar surface area (TPSA) is 74.0 Å². The van der Waals surface area contributed by atoms with Crippen LogP contribution in [0.25, 0.3) is 5.69 Å². The van der Waals surface area contributed by atoms with E-state index in [1.165, 1.54) is 0 Å². The van der Waals surface area contributed by atoms with E-state index in [0.717, 1.165) is 34.0 Å². The summed E-state index contributed by atoms with van der Waals surface area (Å²) in [5.74, 6) is 0.560. The molecule has 2 heterocycles. The summed E-state index contributed by atoms with van der Waals surface area (Å²) in [6.45, 7) is 5.17. The number of ether oxygens (including phenoxy) is 1. The van der Waals surface area contributed by atoms with Crippen LogP contribution in [-0.2, 0) is 13.1 Å². The maximum Gasteiger partial charge on any atom is 0.272 e. The summed E-state index contributed by atoms with van der Waals surface area (Å²) in [6, 6.07) is 19.4. The van der Waals surface area contributed by atoms with Crippen molar-refractivity contribution in [2.45, 2.75) is 26.9 Å². The molecular weight excluding hydrogens is 390 g/mol. The molecule has 0 aliphatic heterocycles. The molecule has 2 aromatic carbocycles. The lowest BCUT2D eigenvalue weighted by molar-refractivity contribution is 0.0945. The van der Waals surface area contributed by atoms with Crippen molar-refractivity contribution in [1.29, 1.82) is 0 Å². The number of amides is 1. The molecule has 4 aromatic rings. The molecule has 4 rings (SSSR count). The normalized spacial score (nSPS) is 10.8. The standard InChI is InChI=1S/C24H25N5O2/c1-17-13-18(2)29(26-17)16-20-6-4-5-19(14-20)15-25-24(30)23-11-12-28(27-23)21-7-9-22(31-3)10-8-21/h4-14H,15-16H2,1-3H3,(H,25,30). The molecule has 7 nitrogen and oxygen atoms in total. The highest BCUT2D eigenvalue weighted by atomic mass is 16.5. The zero-order chi connectivity index (χ0) is 21.8. The van der Waals surface area contributed by atoms with Gasteiger partial charge >= 0.3 is 0 Å². The molecule has 0 saturated heterocycles. The second-order valence-electron chi connectivity index (χ2n) is 7.43. The molecule has 0 saturated carbocycles. The van der Waals surface area contributed by atoms with Crippen LogP contribution in [0.1, 0.15) is 33.0 Å². The van der Waals surface area contributed by atoms with Gasteiger partial charge in [0.25, 0.3) is 5.91 Å². The zero-order valence-electron chi connectivity index (χ0n) is 17.9. The molecule has 0 atom stereocenters. The van der Waals surface area contributed by atoms with E-state index in [0.29, 0.717) is 18.8 Å². The summed E-state index contributed by atoms with van der Waals surface area (Å²) in [5, 5.41) is 11.8. The van der Waals surface area contributed by atoms with E-state index < -0.39 is 0 Å². The fourth-order valence-electron chi connectivity index (χ4n) is 3.44. The van der Waals surface area contributed by atoms with Gasteiger partial charge in [-0.25, -0.2) is 4.68 Å². The molecule has 0 spiro atoms. The van der Waals surface area contributed by atoms with E-state index in [9.17, 15) is 4.79 Å². The van der Waals surface area contributed by atoms with E-state index in [1.807, 2.05) is 48.0 Å². The van der Waals surface area contributed by atoms with Gasteiger partial charge in [0, 0.05) is 18.4 Å². The van der Waals surface area contributed by atoms with Crippen molar-refractivity contribution >= 4 is 5.91 Å². The van der Waals surface area contributed by atoms with Gasteiger partial charge < -0.3 is 10.1 Å². The maximum absolute atomic E-state index is 12.6. The Kier molecular flexibility index (Phi) is 5.84. The second kappa shape index (κ2) is 8.87. The summed E-state index contributed by atoms with van der Waals surface area (Å²) in [7, 11) is 1.63. The van der Waals surface area contributed by atoms with E-state index >= 15 is 0 Å². The molecule has 0 radical (unpaired) electrons. The van der Waals surface area contributed by atoms with Crippen LogP contribution in [0.5, 0.6) is 5.75 Å². The van der Waals surface area contributed by atoms with Crippen molar-refractivity contribution < 1.29 is 9.53 Å². The number of methoxy groups -OCH3 is 1. The second-order valence-corrected chi connectivity index (χ2v) is 7.43. The van der Waals surface area contributed by atoms with Crippen LogP contribution in [0.3, 0.4) is 0 Å². The van der Waals surface area contributed by atoms with Crippen LogP contribution < -0.4 is 10.1 Å². The summed E-state index contributed by atoms with van der Waals surface area (Å²) in [6.07, 6.45) is 1.77. The van der Waals surface area contributed by atoms with Gasteiger partial charge in [0.2, 0.25) is 0 Å². The summed E-state index contributed by atoms with van der Waals surface area (Å²) < 4.78 is 8.83. The molecule has 1 amide bonds. The molecular formula is C24H25N5O2. The molecule has 31 heavy (non-hydrogen) atoms. The minimum absolute atomic E-state index is 0.212. The lowest BCUT2D eigenvalue weighted by Crippen LogP contribution is -2.23. The van der Waals surface area contributed by atoms with Crippen LogP contribution in [0, 0.1) is 13.8 Å². The van der Waals surface area contributed by atoms with Gasteiger partial charge in [-0.1, -0.05) is 24.3 Å². The van der Waals surface area contributed by atoms with Crippen LogP contribution in [-0.4, -0.2) is 32.6 Å². The number of nitrogens with one attached hydrogen (secondary N) is 1. The molecule has 0 aliphatic carbocycles. The summed E-state index contributed by atoms with van der Waals surface area (Å²) in [4.78, 5) is 12.6. The quantitative estimate of drug-likeness (QED) is 0.500. The predicted octanol–water partition coefficient (Wildman–Crippen LogP) is 3.67. The third-order valence-corrected chi connectivity index (χ3v) is 5.04. The van der Waals surface area contributed by atoms with Crippen LogP contribution in [0.4, 0.5) is 0 Å². The Balaban J connectivity index is 1.38. The number of benzene rings is 2. The SMILES string of the molecule is COc1ccc(-n2ccc(C(=O)NCc3cccc(Cn4nc(C)cc4C)c3)n2)cc1. The van der Waals surface area contributed by atoms with Crippen molar-refractivity contribution in [2.75, 3.05) is 7.11 Å². The lowest BCUT2D eigenvalue weighted by Gasteiger charge is -2.08. The van der Waals surface area contributed by atoms with Gasteiger partial charge in [-0.3, -0.25) is 9.48 Å². The largest absolute Gasteiger partial charge is 0.497 e. The molecule has 0 aliphatic rings. The molecule has 1 N–H and O–H groups in total. The summed E-state index contributed by atoms with van der Waals surface area (Å²) >= 11 is 0. The van der Waals surface area contributed by atoms with E-state index in [-0.39, 0.29) is 5.91 Å². The molecule has 0 bridgehead atoms. The first kappa shape index (κ1) is 20.4. The average Bonchev–Trinajstić information content (AvgIpc) is 3.39. The number of aromatic nitrogens is 4. The van der Waals surface area contributed by atoms with Gasteiger partial charge in [0.1, 0.15) is 5.75 Å². The maximum atomic E-state index is 12.6. The number of rotatable bonds is 7. The van der Waals surface area contributed by atoms with Gasteiger partial charge in [-0.2, -0.15) is 10.2 Å². The number of carbonyl (C=O) groups is 1. The minimum atomic E-state index is -0.212. The van der Waals surface area contributed by atoms with Crippen molar-refractivity contribution in [3.05, 3.63) is 95.1 Å². The number of aryl methyl sites for hydroxylation is 2. The summed E-state index contributed by atoms with van der Waals surface area (Å²) in [5.41, 5.74) is 5.54. The average molecular weight is 415 g/mol. The Hall–Kier alpha value is -3.87. The molecule has 0 unspecified atom stereocenters. The van der Waals surface area contributed by atoms with Crippen molar-refractivity contribution in [3.8, 4) is 11.4 Å². The fraction of sp³-hybridized carbons (Fsp3) is 0.208. The Morgan fingerprint density at radius 3 is 2.48 bits per heavy atom. The molecule has 158 valence electrons. The fourth-order valence-corrected chi connectivity index (χ4v) is 3.44. The van der Waals surface area contributed by atoms with E-state index in [4.69, 9.17) is 4.74 Å². The first-order valence-electron chi connectivity index (χ1n) is 10.1. The first-order valence-corrected chi connectivity index (χ1v) is 10.1. The van der Waals surface area contributed by atoms with Crippen molar-refractivity contribution in [1.82, 2.24) is 24.9 Å². The van der Waals surface area contributed by atoms with E-state index in [1.54, 1.807) is 24.1 Å². The van der Waals surface area contributed by atoms with Crippen LogP contribution in [0.2, 0.25) is 0 Å². The van der Waals surface area contributed by atoms with E-state index in [2.05, 4.69) is 40.6 Å². The minimum Gasteiger partial charge on any atom is -0.497 e. The highest BCUT2D eigenvalue weighted by Crippen LogP contribution is 2.15. The Morgan fingerprint density at radius 1 is 1.00 bits per heavy atom. The highest BCUT2D eigenvalue weighted by molar-refractivity contribution is 5.92. The van der Waals surface area contributed by atoms with Crippen LogP contribution >= 0.6 is 0 Å². The Morgan fingerprint density at radius 2 is 1.77 bits per heavy atom. The highest BCUT2D eigenvalue weighted by Gasteiger charge is 2.10. The predicted molar refractivity (Wildman–Crippen MR) is 119 cm³/mol. The van der Waals surface area contributed by atoms with Crippen molar-refractivity contribution in [3.63, 3.8) is 0 Å². The lowest BCUT2D eigenvalue weighted by atomic mass is 10.1. The number of hydrogen-bond acceptors (Lipinski definition) is 4. The molecule has 7 heteroatoms. The first-order chi connectivity index (χ1) is 15.0. The molecule has 0 fully saturated rings. The Bertz CT molecular complexity index is 1190. The molecule has 2 aromatic heterocycles. The number of carbonyl (C=O) groups excluding carboxylic acids is 1. The zero-order valence-corrected chi connectivity index (χ0v) is 17.9. The van der Waals surface area contributed by atoms with Gasteiger partial charge in [0.05, 0.1) is 25.0 Å². The van der Waals surface area contributed by atoms with Gasteiger partial charge in [0.15, 0.2) is 5.69 Å².